The third-order valence-corrected chi connectivity index (χ3v) is 4.51. The number of rotatable bonds is 10. The Morgan fingerprint density at radius 3 is 1.46 bits per heavy atom. The van der Waals surface area contributed by atoms with E-state index in [1.165, 1.54) is 39.9 Å². The maximum absolute atomic E-state index is 14.6. The number of nitrogens with one attached hydrogen (secondary N) is 1. The number of hydrogen-bond acceptors (Lipinski definition) is 4. The Hall–Kier alpha value is -2.17. The molecule has 220 valence electrons. The molecule has 0 bridgehead atoms. The van der Waals surface area contributed by atoms with Gasteiger partial charge < -0.3 is 14.8 Å². The maximum atomic E-state index is 14.6. The second-order valence-electron chi connectivity index (χ2n) is 9.35. The topological polar surface area (TPSA) is 64.6 Å². The Labute approximate surface area is 202 Å². The van der Waals surface area contributed by atoms with Gasteiger partial charge in [0.1, 0.15) is 11.6 Å². The fourth-order valence-corrected chi connectivity index (χ4v) is 2.44. The third kappa shape index (κ3) is 6.83. The van der Waals surface area contributed by atoms with E-state index < -0.39 is 77.9 Å². The zero-order valence-corrected chi connectivity index (χ0v) is 20.0. The number of ether oxygens (including phenoxy) is 2. The minimum Gasteiger partial charge on any atom is -0.464 e. The molecule has 2 unspecified atom stereocenters. The molecule has 0 aromatic heterocycles. The lowest BCUT2D eigenvalue weighted by Gasteiger charge is -2.42. The van der Waals surface area contributed by atoms with Gasteiger partial charge in [-0.2, -0.15) is 57.1 Å². The van der Waals surface area contributed by atoms with Gasteiger partial charge in [-0.1, -0.05) is 20.8 Å². The van der Waals surface area contributed by atoms with Crippen molar-refractivity contribution >= 4 is 12.1 Å². The molecule has 5 nitrogen and oxygen atoms in total. The van der Waals surface area contributed by atoms with E-state index in [4.69, 9.17) is 0 Å². The molecule has 0 rings (SSSR count). The monoisotopic (exact) mass is 577 g/mol. The lowest BCUT2D eigenvalue weighted by Crippen LogP contribution is -2.72. The molecule has 0 fully saturated rings. The van der Waals surface area contributed by atoms with Crippen molar-refractivity contribution in [2.75, 3.05) is 6.61 Å². The lowest BCUT2D eigenvalue weighted by atomic mass is 9.84. The van der Waals surface area contributed by atoms with Crippen LogP contribution >= 0.6 is 0 Å². The van der Waals surface area contributed by atoms with E-state index in [1.807, 2.05) is 0 Å². The fourth-order valence-electron chi connectivity index (χ4n) is 2.44. The molecular formula is C19H24F13NO4. The normalized spacial score (nSPS) is 16.3. The number of amides is 1. The molecular weight excluding hydrogens is 553 g/mol. The first-order chi connectivity index (χ1) is 16.0. The first-order valence-corrected chi connectivity index (χ1v) is 10.1. The standard InChI is InChI=1S/C19H24F13NO4/c1-8(2)7-36-11(34)10(33-12(35)37-13(4,5)6)9(3)14(20,21)15(22,23)16(24,25)17(26,27)18(28,29)19(30,31)32/h8-10H,7H2,1-6H3,(H,33,35). The van der Waals surface area contributed by atoms with E-state index in [9.17, 15) is 66.7 Å². The van der Waals surface area contributed by atoms with Gasteiger partial charge in [0.25, 0.3) is 0 Å². The van der Waals surface area contributed by atoms with Crippen LogP contribution < -0.4 is 5.32 Å². The molecule has 0 aliphatic carbocycles. The number of carbonyl (C=O) groups is 2. The van der Waals surface area contributed by atoms with E-state index in [0.29, 0.717) is 0 Å². The number of carbonyl (C=O) groups excluding carboxylic acids is 2. The van der Waals surface area contributed by atoms with Crippen molar-refractivity contribution in [1.82, 2.24) is 5.32 Å². The van der Waals surface area contributed by atoms with E-state index >= 15 is 0 Å². The summed E-state index contributed by atoms with van der Waals surface area (Å²) in [6.07, 6.45) is -9.34. The first-order valence-electron chi connectivity index (χ1n) is 10.1. The summed E-state index contributed by atoms with van der Waals surface area (Å²) in [5.74, 6) is -44.5. The highest BCUT2D eigenvalue weighted by molar-refractivity contribution is 5.82. The molecule has 18 heteroatoms. The van der Waals surface area contributed by atoms with Crippen molar-refractivity contribution in [3.63, 3.8) is 0 Å². The van der Waals surface area contributed by atoms with Gasteiger partial charge in [-0.25, -0.2) is 9.59 Å². The van der Waals surface area contributed by atoms with E-state index in [0.717, 1.165) is 0 Å². The van der Waals surface area contributed by atoms with Crippen LogP contribution in [0.4, 0.5) is 61.9 Å². The average Bonchev–Trinajstić information content (AvgIpc) is 2.66. The Morgan fingerprint density at radius 2 is 1.11 bits per heavy atom. The quantitative estimate of drug-likeness (QED) is 0.240. The molecule has 0 saturated carbocycles. The van der Waals surface area contributed by atoms with E-state index in [1.54, 1.807) is 0 Å². The SMILES string of the molecule is CC(C)COC(=O)C(NC(=O)OC(C)(C)C)C(C)C(F)(F)C(F)(F)C(F)(F)C(F)(F)C(F)(F)C(F)(F)F. The molecule has 0 heterocycles. The van der Waals surface area contributed by atoms with Crippen LogP contribution in [-0.2, 0) is 14.3 Å². The summed E-state index contributed by atoms with van der Waals surface area (Å²) in [5, 5.41) is 1.31. The molecule has 0 aliphatic rings. The van der Waals surface area contributed by atoms with Crippen LogP contribution in [0.3, 0.4) is 0 Å². The van der Waals surface area contributed by atoms with Gasteiger partial charge in [0, 0.05) is 0 Å². The summed E-state index contributed by atoms with van der Waals surface area (Å²) in [7, 11) is 0. The Morgan fingerprint density at radius 1 is 0.703 bits per heavy atom. The highest BCUT2D eigenvalue weighted by Crippen LogP contribution is 2.61. The summed E-state index contributed by atoms with van der Waals surface area (Å²) < 4.78 is 184. The molecule has 1 N–H and O–H groups in total. The minimum absolute atomic E-state index is 0.164. The molecule has 0 radical (unpaired) electrons. The molecule has 1 amide bonds. The van der Waals surface area contributed by atoms with Crippen LogP contribution in [0, 0.1) is 11.8 Å². The van der Waals surface area contributed by atoms with Crippen LogP contribution in [-0.4, -0.2) is 66.1 Å². The highest BCUT2D eigenvalue weighted by atomic mass is 19.4. The second kappa shape index (κ2) is 10.5. The maximum Gasteiger partial charge on any atom is 0.460 e. The van der Waals surface area contributed by atoms with Gasteiger partial charge in [-0.3, -0.25) is 0 Å². The smallest absolute Gasteiger partial charge is 0.460 e. The van der Waals surface area contributed by atoms with Crippen LogP contribution in [0.5, 0.6) is 0 Å². The van der Waals surface area contributed by atoms with Gasteiger partial charge in [-0.05, 0) is 26.7 Å². The van der Waals surface area contributed by atoms with Crippen molar-refractivity contribution in [3.05, 3.63) is 0 Å². The minimum atomic E-state index is -8.10. The Balaban J connectivity index is 6.62. The molecule has 0 aromatic rings. The predicted molar refractivity (Wildman–Crippen MR) is 98.9 cm³/mol. The Bertz CT molecular complexity index is 820. The van der Waals surface area contributed by atoms with Crippen molar-refractivity contribution in [3.8, 4) is 0 Å². The largest absolute Gasteiger partial charge is 0.464 e. The molecule has 37 heavy (non-hydrogen) atoms. The number of alkyl carbamates (subject to hydrolysis) is 1. The van der Waals surface area contributed by atoms with Gasteiger partial charge in [0.2, 0.25) is 0 Å². The predicted octanol–water partition coefficient (Wildman–Crippen LogP) is 6.45. The molecule has 0 aromatic carbocycles. The van der Waals surface area contributed by atoms with Crippen molar-refractivity contribution < 1.29 is 76.1 Å². The average molecular weight is 577 g/mol. The van der Waals surface area contributed by atoms with Crippen LogP contribution in [0.15, 0.2) is 0 Å². The third-order valence-electron chi connectivity index (χ3n) is 4.51. The summed E-state index contributed by atoms with van der Waals surface area (Å²) >= 11 is 0. The van der Waals surface area contributed by atoms with Crippen LogP contribution in [0.2, 0.25) is 0 Å². The number of hydrogen-bond donors (Lipinski definition) is 1. The number of esters is 1. The van der Waals surface area contributed by atoms with Gasteiger partial charge in [0.15, 0.2) is 0 Å². The molecule has 0 saturated heterocycles. The summed E-state index contributed by atoms with van der Waals surface area (Å²) in [5.41, 5.74) is -1.41. The summed E-state index contributed by atoms with van der Waals surface area (Å²) in [6.45, 7) is 5.60. The van der Waals surface area contributed by atoms with Crippen molar-refractivity contribution in [2.45, 2.75) is 89.0 Å². The van der Waals surface area contributed by atoms with Gasteiger partial charge >= 0.3 is 47.9 Å². The highest BCUT2D eigenvalue weighted by Gasteiger charge is 2.91. The zero-order valence-electron chi connectivity index (χ0n) is 20.0. The van der Waals surface area contributed by atoms with E-state index in [2.05, 4.69) is 9.47 Å². The Kier molecular flexibility index (Phi) is 9.92. The van der Waals surface area contributed by atoms with Crippen molar-refractivity contribution in [2.24, 2.45) is 11.8 Å². The molecule has 2 atom stereocenters. The summed E-state index contributed by atoms with van der Waals surface area (Å²) in [6, 6.07) is -3.05. The number of alkyl halides is 13. The lowest BCUT2D eigenvalue weighted by molar-refractivity contribution is -0.443. The summed E-state index contributed by atoms with van der Waals surface area (Å²) in [4.78, 5) is 24.2. The molecule has 0 aliphatic heterocycles. The van der Waals surface area contributed by atoms with Crippen LogP contribution in [0.1, 0.15) is 41.5 Å². The van der Waals surface area contributed by atoms with Gasteiger partial charge in [-0.15, -0.1) is 0 Å². The van der Waals surface area contributed by atoms with Crippen molar-refractivity contribution in [1.29, 1.82) is 0 Å². The van der Waals surface area contributed by atoms with Crippen LogP contribution in [0.25, 0.3) is 0 Å². The fraction of sp³-hybridized carbons (Fsp3) is 0.895. The number of halogens is 13. The second-order valence-corrected chi connectivity index (χ2v) is 9.35. The molecule has 0 spiro atoms. The van der Waals surface area contributed by atoms with E-state index in [-0.39, 0.29) is 6.92 Å². The zero-order chi connectivity index (χ0) is 30.2. The van der Waals surface area contributed by atoms with Gasteiger partial charge in [0.05, 0.1) is 12.5 Å². The first kappa shape index (κ1) is 34.8.